The van der Waals surface area contributed by atoms with Gasteiger partial charge in [0.25, 0.3) is 0 Å². The van der Waals surface area contributed by atoms with Crippen molar-refractivity contribution < 1.29 is 0 Å². The van der Waals surface area contributed by atoms with Crippen LogP contribution in [-0.2, 0) is 0 Å². The molecule has 1 N–H and O–H groups in total. The molecule has 2 aromatic rings. The molecular formula is C14H17N3. The van der Waals surface area contributed by atoms with E-state index in [1.54, 1.807) is 0 Å². The van der Waals surface area contributed by atoms with Crippen LogP contribution in [0, 0.1) is 0 Å². The number of pyridine rings is 1. The number of aromatic nitrogens is 1. The Bertz CT molecular complexity index is 524. The number of likely N-dealkylation sites (N-methyl/N-ethyl adjacent to an activating group) is 1. The van der Waals surface area contributed by atoms with Crippen molar-refractivity contribution in [1.82, 2.24) is 9.88 Å². The summed E-state index contributed by atoms with van der Waals surface area (Å²) >= 11 is 0. The quantitative estimate of drug-likeness (QED) is 0.853. The van der Waals surface area contributed by atoms with Crippen LogP contribution in [0.15, 0.2) is 36.4 Å². The fourth-order valence-corrected chi connectivity index (χ4v) is 2.41. The summed E-state index contributed by atoms with van der Waals surface area (Å²) in [6.45, 7) is 2.28. The Kier molecular flexibility index (Phi) is 2.69. The maximum atomic E-state index is 4.63. The van der Waals surface area contributed by atoms with Gasteiger partial charge in [-0.2, -0.15) is 0 Å². The van der Waals surface area contributed by atoms with Crippen molar-refractivity contribution in [2.45, 2.75) is 12.5 Å². The monoisotopic (exact) mass is 227 g/mol. The summed E-state index contributed by atoms with van der Waals surface area (Å²) in [4.78, 5) is 6.98. The molecule has 1 aliphatic rings. The molecule has 17 heavy (non-hydrogen) atoms. The second-order valence-corrected chi connectivity index (χ2v) is 4.78. The van der Waals surface area contributed by atoms with Gasteiger partial charge in [0.05, 0.1) is 5.52 Å². The highest BCUT2D eigenvalue weighted by atomic mass is 15.2. The fraction of sp³-hybridized carbons (Fsp3) is 0.357. The van der Waals surface area contributed by atoms with Crippen LogP contribution >= 0.6 is 0 Å². The number of likely N-dealkylation sites (tertiary alicyclic amines) is 1. The fourth-order valence-electron chi connectivity index (χ4n) is 2.41. The molecule has 0 bridgehead atoms. The van der Waals surface area contributed by atoms with Gasteiger partial charge in [0.15, 0.2) is 0 Å². The summed E-state index contributed by atoms with van der Waals surface area (Å²) in [5, 5.41) is 4.71. The predicted molar refractivity (Wildman–Crippen MR) is 71.3 cm³/mol. The first-order valence-electron chi connectivity index (χ1n) is 6.12. The van der Waals surface area contributed by atoms with E-state index >= 15 is 0 Å². The zero-order valence-corrected chi connectivity index (χ0v) is 10.1. The first-order valence-corrected chi connectivity index (χ1v) is 6.12. The van der Waals surface area contributed by atoms with Crippen molar-refractivity contribution in [1.29, 1.82) is 0 Å². The van der Waals surface area contributed by atoms with Gasteiger partial charge in [-0.3, -0.25) is 0 Å². The van der Waals surface area contributed by atoms with Crippen LogP contribution in [0.1, 0.15) is 6.42 Å². The average molecular weight is 227 g/mol. The summed E-state index contributed by atoms with van der Waals surface area (Å²) in [5.74, 6) is 0.990. The number of hydrogen-bond acceptors (Lipinski definition) is 3. The molecule has 0 amide bonds. The van der Waals surface area contributed by atoms with E-state index < -0.39 is 0 Å². The van der Waals surface area contributed by atoms with Crippen molar-refractivity contribution in [2.24, 2.45) is 0 Å². The largest absolute Gasteiger partial charge is 0.366 e. The molecule has 0 aliphatic carbocycles. The Morgan fingerprint density at radius 3 is 2.94 bits per heavy atom. The van der Waals surface area contributed by atoms with Crippen LogP contribution < -0.4 is 5.32 Å². The van der Waals surface area contributed by atoms with Gasteiger partial charge < -0.3 is 10.2 Å². The Hall–Kier alpha value is -1.61. The summed E-state index contributed by atoms with van der Waals surface area (Å²) in [6, 6.07) is 13.0. The van der Waals surface area contributed by atoms with E-state index in [-0.39, 0.29) is 0 Å². The Labute approximate surface area is 101 Å². The van der Waals surface area contributed by atoms with Gasteiger partial charge in [-0.25, -0.2) is 4.98 Å². The highest BCUT2D eigenvalue weighted by molar-refractivity contribution is 5.80. The van der Waals surface area contributed by atoms with Gasteiger partial charge in [-0.15, -0.1) is 0 Å². The highest BCUT2D eigenvalue weighted by Gasteiger charge is 2.19. The minimum absolute atomic E-state index is 0.536. The van der Waals surface area contributed by atoms with E-state index in [4.69, 9.17) is 0 Å². The topological polar surface area (TPSA) is 28.2 Å². The zero-order chi connectivity index (χ0) is 11.7. The van der Waals surface area contributed by atoms with Crippen LogP contribution in [-0.4, -0.2) is 36.1 Å². The van der Waals surface area contributed by atoms with E-state index in [0.717, 1.165) is 17.9 Å². The average Bonchev–Trinajstić information content (AvgIpc) is 2.75. The third kappa shape index (κ3) is 2.24. The lowest BCUT2D eigenvalue weighted by molar-refractivity contribution is 0.414. The van der Waals surface area contributed by atoms with Gasteiger partial charge in [0, 0.05) is 18.0 Å². The third-order valence-corrected chi connectivity index (χ3v) is 3.34. The second kappa shape index (κ2) is 4.34. The maximum absolute atomic E-state index is 4.63. The predicted octanol–water partition coefficient (Wildman–Crippen LogP) is 2.35. The van der Waals surface area contributed by atoms with Gasteiger partial charge in [-0.1, -0.05) is 18.2 Å². The molecule has 1 aromatic heterocycles. The van der Waals surface area contributed by atoms with E-state index in [9.17, 15) is 0 Å². The van der Waals surface area contributed by atoms with Crippen molar-refractivity contribution in [2.75, 3.05) is 25.5 Å². The smallest absolute Gasteiger partial charge is 0.126 e. The lowest BCUT2D eigenvalue weighted by Gasteiger charge is -2.13. The number of anilines is 1. The minimum Gasteiger partial charge on any atom is -0.366 e. The molecule has 1 saturated heterocycles. The summed E-state index contributed by atoms with van der Waals surface area (Å²) in [5.41, 5.74) is 1.06. The molecule has 2 heterocycles. The SMILES string of the molecule is CN1CCC(Nc2ccc3ccccc3n2)C1. The van der Waals surface area contributed by atoms with E-state index in [2.05, 4.69) is 46.5 Å². The van der Waals surface area contributed by atoms with E-state index in [1.807, 2.05) is 12.1 Å². The number of hydrogen-bond donors (Lipinski definition) is 1. The Morgan fingerprint density at radius 2 is 2.12 bits per heavy atom. The maximum Gasteiger partial charge on any atom is 0.126 e. The van der Waals surface area contributed by atoms with Crippen LogP contribution in [0.2, 0.25) is 0 Å². The number of benzene rings is 1. The van der Waals surface area contributed by atoms with Gasteiger partial charge in [0.2, 0.25) is 0 Å². The summed E-state index contributed by atoms with van der Waals surface area (Å²) in [6.07, 6.45) is 1.20. The van der Waals surface area contributed by atoms with Crippen LogP contribution in [0.3, 0.4) is 0 Å². The number of nitrogens with one attached hydrogen (secondary N) is 1. The molecule has 3 nitrogen and oxygen atoms in total. The molecule has 88 valence electrons. The molecule has 1 aliphatic heterocycles. The van der Waals surface area contributed by atoms with E-state index in [0.29, 0.717) is 6.04 Å². The standard InChI is InChI=1S/C14H17N3/c1-17-9-8-12(10-17)15-14-7-6-11-4-2-3-5-13(11)16-14/h2-7,12H,8-10H2,1H3,(H,15,16). The molecule has 1 atom stereocenters. The number of nitrogens with zero attached hydrogens (tertiary/aromatic N) is 2. The van der Waals surface area contributed by atoms with Gasteiger partial charge >= 0.3 is 0 Å². The third-order valence-electron chi connectivity index (χ3n) is 3.34. The molecule has 0 radical (unpaired) electrons. The molecule has 3 rings (SSSR count). The molecule has 3 heteroatoms. The lowest BCUT2D eigenvalue weighted by Crippen LogP contribution is -2.23. The zero-order valence-electron chi connectivity index (χ0n) is 10.1. The molecule has 1 aromatic carbocycles. The van der Waals surface area contributed by atoms with Crippen LogP contribution in [0.25, 0.3) is 10.9 Å². The number of fused-ring (bicyclic) bond motifs is 1. The van der Waals surface area contributed by atoms with E-state index in [1.165, 1.54) is 18.4 Å². The van der Waals surface area contributed by atoms with Crippen LogP contribution in [0.5, 0.6) is 0 Å². The first-order chi connectivity index (χ1) is 8.31. The highest BCUT2D eigenvalue weighted by Crippen LogP contribution is 2.17. The number of para-hydroxylation sites is 1. The van der Waals surface area contributed by atoms with Crippen molar-refractivity contribution in [3.8, 4) is 0 Å². The Balaban J connectivity index is 1.81. The number of rotatable bonds is 2. The second-order valence-electron chi connectivity index (χ2n) is 4.78. The molecule has 0 spiro atoms. The summed E-state index contributed by atoms with van der Waals surface area (Å²) in [7, 11) is 2.16. The normalized spacial score (nSPS) is 20.9. The van der Waals surface area contributed by atoms with Gasteiger partial charge in [0.1, 0.15) is 5.82 Å². The lowest BCUT2D eigenvalue weighted by atomic mass is 10.2. The molecular weight excluding hydrogens is 210 g/mol. The molecule has 1 fully saturated rings. The van der Waals surface area contributed by atoms with Crippen molar-refractivity contribution in [3.63, 3.8) is 0 Å². The molecule has 0 saturated carbocycles. The molecule has 1 unspecified atom stereocenters. The first kappa shape index (κ1) is 10.5. The van der Waals surface area contributed by atoms with Crippen molar-refractivity contribution in [3.05, 3.63) is 36.4 Å². The minimum atomic E-state index is 0.536. The van der Waals surface area contributed by atoms with Crippen LogP contribution in [0.4, 0.5) is 5.82 Å². The van der Waals surface area contributed by atoms with Crippen molar-refractivity contribution >= 4 is 16.7 Å². The Morgan fingerprint density at radius 1 is 1.24 bits per heavy atom. The van der Waals surface area contributed by atoms with Gasteiger partial charge in [-0.05, 0) is 38.2 Å². The summed E-state index contributed by atoms with van der Waals surface area (Å²) < 4.78 is 0.